The molecule has 3 N–H and O–H groups in total. The lowest BCUT2D eigenvalue weighted by atomic mass is 10.1. The summed E-state index contributed by atoms with van der Waals surface area (Å²) in [6, 6.07) is 2.95. The van der Waals surface area contributed by atoms with Crippen molar-refractivity contribution in [2.45, 2.75) is 5.88 Å². The summed E-state index contributed by atoms with van der Waals surface area (Å²) in [5.74, 6) is -1.18. The zero-order valence-corrected chi connectivity index (χ0v) is 11.1. The number of carboxylic acid groups (broad SMARTS) is 1. The Morgan fingerprint density at radius 2 is 2.06 bits per heavy atom. The average molecular weight is 306 g/mol. The SMILES string of the molecule is Nc1c(CCl)nc2c(Cl)cc(Cl)cc2c1C(=O)O. The number of halogens is 3. The molecule has 0 radical (unpaired) electrons. The van der Waals surface area contributed by atoms with Crippen molar-refractivity contribution in [3.8, 4) is 0 Å². The van der Waals surface area contributed by atoms with Gasteiger partial charge in [-0.1, -0.05) is 23.2 Å². The summed E-state index contributed by atoms with van der Waals surface area (Å²) in [7, 11) is 0. The van der Waals surface area contributed by atoms with E-state index >= 15 is 0 Å². The van der Waals surface area contributed by atoms with Gasteiger partial charge in [-0.15, -0.1) is 11.6 Å². The van der Waals surface area contributed by atoms with E-state index in [1.54, 1.807) is 0 Å². The Morgan fingerprint density at radius 1 is 1.39 bits per heavy atom. The van der Waals surface area contributed by atoms with Gasteiger partial charge < -0.3 is 10.8 Å². The molecule has 0 aliphatic heterocycles. The molecular weight excluding hydrogens is 298 g/mol. The number of hydrogen-bond acceptors (Lipinski definition) is 3. The third-order valence-corrected chi connectivity index (χ3v) is 3.22. The maximum Gasteiger partial charge on any atom is 0.338 e. The van der Waals surface area contributed by atoms with Crippen LogP contribution in [-0.2, 0) is 5.88 Å². The van der Waals surface area contributed by atoms with Crippen LogP contribution in [0.3, 0.4) is 0 Å². The van der Waals surface area contributed by atoms with E-state index in [0.29, 0.717) is 15.9 Å². The number of hydrogen-bond donors (Lipinski definition) is 2. The molecule has 2 rings (SSSR count). The number of aromatic carboxylic acids is 1. The molecule has 1 aromatic heterocycles. The second kappa shape index (κ2) is 4.80. The number of carboxylic acids is 1. The van der Waals surface area contributed by atoms with Gasteiger partial charge in [0, 0.05) is 10.4 Å². The Balaban J connectivity index is 3.00. The number of nitrogen functional groups attached to an aromatic ring is 1. The highest BCUT2D eigenvalue weighted by atomic mass is 35.5. The number of fused-ring (bicyclic) bond motifs is 1. The predicted molar refractivity (Wildman–Crippen MR) is 72.7 cm³/mol. The van der Waals surface area contributed by atoms with Crippen LogP contribution in [-0.4, -0.2) is 16.1 Å². The highest BCUT2D eigenvalue weighted by Crippen LogP contribution is 2.33. The quantitative estimate of drug-likeness (QED) is 0.832. The van der Waals surface area contributed by atoms with Gasteiger partial charge in [0.2, 0.25) is 0 Å². The third-order valence-electron chi connectivity index (χ3n) is 2.46. The molecule has 0 saturated carbocycles. The second-order valence-corrected chi connectivity index (χ2v) is 4.68. The molecule has 18 heavy (non-hydrogen) atoms. The van der Waals surface area contributed by atoms with Crippen molar-refractivity contribution in [3.05, 3.63) is 33.4 Å². The molecular formula is C11H7Cl3N2O2. The molecule has 0 spiro atoms. The number of nitrogens with zero attached hydrogens (tertiary/aromatic N) is 1. The standard InChI is InChI=1S/C11H7Cl3N2O2/c12-3-7-9(15)8(11(17)18)5-1-4(13)2-6(14)10(5)16-7/h1-2H,3,15H2,(H,17,18). The number of aromatic nitrogens is 1. The number of pyridine rings is 1. The number of rotatable bonds is 2. The summed E-state index contributed by atoms with van der Waals surface area (Å²) in [5, 5.41) is 10.1. The molecule has 0 amide bonds. The van der Waals surface area contributed by atoms with Gasteiger partial charge in [0.25, 0.3) is 0 Å². The minimum absolute atomic E-state index is 0.00100. The highest BCUT2D eigenvalue weighted by molar-refractivity contribution is 6.39. The molecule has 7 heteroatoms. The van der Waals surface area contributed by atoms with Gasteiger partial charge in [0.05, 0.1) is 33.4 Å². The number of carbonyl (C=O) groups is 1. The third kappa shape index (κ3) is 2.07. The maximum atomic E-state index is 11.3. The van der Waals surface area contributed by atoms with Crippen LogP contribution < -0.4 is 5.73 Å². The van der Waals surface area contributed by atoms with Gasteiger partial charge in [0.1, 0.15) is 0 Å². The molecule has 0 bridgehead atoms. The van der Waals surface area contributed by atoms with Gasteiger partial charge in [-0.3, -0.25) is 0 Å². The number of alkyl halides is 1. The van der Waals surface area contributed by atoms with E-state index in [1.807, 2.05) is 0 Å². The topological polar surface area (TPSA) is 76.2 Å². The normalized spacial score (nSPS) is 10.8. The Bertz CT molecular complexity index is 659. The first-order chi connectivity index (χ1) is 8.45. The summed E-state index contributed by atoms with van der Waals surface area (Å²) in [6.45, 7) is 0. The van der Waals surface area contributed by atoms with Crippen LogP contribution in [0, 0.1) is 0 Å². The van der Waals surface area contributed by atoms with Gasteiger partial charge in [0.15, 0.2) is 0 Å². The molecule has 1 aromatic carbocycles. The predicted octanol–water partition coefficient (Wildman–Crippen LogP) is 3.56. The minimum atomic E-state index is -1.18. The fourth-order valence-electron chi connectivity index (χ4n) is 1.69. The molecule has 1 heterocycles. The lowest BCUT2D eigenvalue weighted by Crippen LogP contribution is -2.08. The van der Waals surface area contributed by atoms with Crippen molar-refractivity contribution in [1.29, 1.82) is 0 Å². The summed E-state index contributed by atoms with van der Waals surface area (Å²) in [6.07, 6.45) is 0. The molecule has 0 atom stereocenters. The van der Waals surface area contributed by atoms with E-state index in [2.05, 4.69) is 4.98 Å². The zero-order valence-electron chi connectivity index (χ0n) is 8.88. The molecule has 0 aliphatic carbocycles. The summed E-state index contributed by atoms with van der Waals surface area (Å²) >= 11 is 17.5. The first-order valence-electron chi connectivity index (χ1n) is 4.82. The van der Waals surface area contributed by atoms with Gasteiger partial charge in [-0.25, -0.2) is 9.78 Å². The Labute approximate surface area is 117 Å². The van der Waals surface area contributed by atoms with Crippen LogP contribution in [0.1, 0.15) is 16.1 Å². The zero-order chi connectivity index (χ0) is 13.4. The second-order valence-electron chi connectivity index (χ2n) is 3.57. The number of nitrogens with two attached hydrogens (primary N) is 1. The van der Waals surface area contributed by atoms with Crippen molar-refractivity contribution in [1.82, 2.24) is 4.98 Å². The molecule has 94 valence electrons. The van der Waals surface area contributed by atoms with E-state index in [9.17, 15) is 9.90 Å². The van der Waals surface area contributed by atoms with Crippen LogP contribution in [0.2, 0.25) is 10.0 Å². The molecule has 0 saturated heterocycles. The van der Waals surface area contributed by atoms with Crippen LogP contribution in [0.25, 0.3) is 10.9 Å². The number of benzene rings is 1. The Morgan fingerprint density at radius 3 is 2.61 bits per heavy atom. The van der Waals surface area contributed by atoms with Crippen molar-refractivity contribution in [2.24, 2.45) is 0 Å². The minimum Gasteiger partial charge on any atom is -0.478 e. The summed E-state index contributed by atoms with van der Waals surface area (Å²) in [5.41, 5.74) is 6.30. The van der Waals surface area contributed by atoms with Crippen molar-refractivity contribution in [2.75, 3.05) is 5.73 Å². The largest absolute Gasteiger partial charge is 0.478 e. The summed E-state index contributed by atoms with van der Waals surface area (Å²) in [4.78, 5) is 15.5. The first-order valence-corrected chi connectivity index (χ1v) is 6.11. The maximum absolute atomic E-state index is 11.3. The van der Waals surface area contributed by atoms with Crippen molar-refractivity contribution in [3.63, 3.8) is 0 Å². The fourth-order valence-corrected chi connectivity index (χ4v) is 2.43. The lowest BCUT2D eigenvalue weighted by Gasteiger charge is -2.11. The highest BCUT2D eigenvalue weighted by Gasteiger charge is 2.19. The first kappa shape index (κ1) is 13.2. The van der Waals surface area contributed by atoms with E-state index in [4.69, 9.17) is 40.5 Å². The van der Waals surface area contributed by atoms with Crippen LogP contribution in [0.15, 0.2) is 12.1 Å². The van der Waals surface area contributed by atoms with Crippen molar-refractivity contribution >= 4 is 57.4 Å². The molecule has 2 aromatic rings. The van der Waals surface area contributed by atoms with Crippen molar-refractivity contribution < 1.29 is 9.90 Å². The number of anilines is 1. The van der Waals surface area contributed by atoms with Crippen LogP contribution >= 0.6 is 34.8 Å². The molecule has 4 nitrogen and oxygen atoms in total. The van der Waals surface area contributed by atoms with Gasteiger partial charge in [-0.05, 0) is 12.1 Å². The Kier molecular flexibility index (Phi) is 3.52. The summed E-state index contributed by atoms with van der Waals surface area (Å²) < 4.78 is 0. The van der Waals surface area contributed by atoms with E-state index in [-0.39, 0.29) is 27.8 Å². The van der Waals surface area contributed by atoms with Gasteiger partial charge >= 0.3 is 5.97 Å². The Hall–Kier alpha value is -1.23. The van der Waals surface area contributed by atoms with E-state index in [1.165, 1.54) is 12.1 Å². The van der Waals surface area contributed by atoms with Crippen LogP contribution in [0.4, 0.5) is 5.69 Å². The molecule has 0 fully saturated rings. The average Bonchev–Trinajstić information content (AvgIpc) is 2.27. The van der Waals surface area contributed by atoms with E-state index in [0.717, 1.165) is 0 Å². The molecule has 0 aliphatic rings. The fraction of sp³-hybridized carbons (Fsp3) is 0.0909. The smallest absolute Gasteiger partial charge is 0.338 e. The lowest BCUT2D eigenvalue weighted by molar-refractivity contribution is 0.0700. The van der Waals surface area contributed by atoms with E-state index < -0.39 is 5.97 Å². The van der Waals surface area contributed by atoms with Crippen LogP contribution in [0.5, 0.6) is 0 Å². The van der Waals surface area contributed by atoms with Gasteiger partial charge in [-0.2, -0.15) is 0 Å². The monoisotopic (exact) mass is 304 g/mol. The molecule has 0 unspecified atom stereocenters.